The molecule has 0 amide bonds. The molecule has 0 spiro atoms. The van der Waals surface area contributed by atoms with Gasteiger partial charge in [-0.25, -0.2) is 4.98 Å². The van der Waals surface area contributed by atoms with E-state index in [0.717, 1.165) is 11.4 Å². The van der Waals surface area contributed by atoms with E-state index in [9.17, 15) is 9.59 Å². The predicted octanol–water partition coefficient (Wildman–Crippen LogP) is 2.26. The third-order valence-corrected chi connectivity index (χ3v) is 4.04. The largest absolute Gasteiger partial charge is 0.481 e. The van der Waals surface area contributed by atoms with Crippen LogP contribution in [0.15, 0.2) is 34.4 Å². The van der Waals surface area contributed by atoms with Crippen LogP contribution in [0.5, 0.6) is 0 Å². The van der Waals surface area contributed by atoms with Crippen LogP contribution in [0.25, 0.3) is 17.1 Å². The Morgan fingerprint density at radius 3 is 2.83 bits per heavy atom. The number of nitrogens with zero attached hydrogens (tertiary/aromatic N) is 3. The Morgan fingerprint density at radius 1 is 1.30 bits per heavy atom. The van der Waals surface area contributed by atoms with Gasteiger partial charge in [0, 0.05) is 22.8 Å². The summed E-state index contributed by atoms with van der Waals surface area (Å²) in [5.74, 6) is -0.980. The van der Waals surface area contributed by atoms with Crippen LogP contribution >= 0.6 is 11.3 Å². The van der Waals surface area contributed by atoms with Crippen LogP contribution in [0, 0.1) is 6.92 Å². The highest BCUT2D eigenvalue weighted by Gasteiger charge is 2.10. The lowest BCUT2D eigenvalue weighted by atomic mass is 10.2. The highest BCUT2D eigenvalue weighted by Crippen LogP contribution is 2.14. The quantitative estimate of drug-likeness (QED) is 0.794. The van der Waals surface area contributed by atoms with Gasteiger partial charge in [0.1, 0.15) is 0 Å². The summed E-state index contributed by atoms with van der Waals surface area (Å²) in [6, 6.07) is 7.07. The minimum absolute atomic E-state index is 0.204. The van der Waals surface area contributed by atoms with Crippen molar-refractivity contribution in [3.05, 3.63) is 62.8 Å². The van der Waals surface area contributed by atoms with Gasteiger partial charge in [-0.2, -0.15) is 0 Å². The molecule has 0 aromatic carbocycles. The second kappa shape index (κ2) is 6.13. The van der Waals surface area contributed by atoms with Gasteiger partial charge in [0.25, 0.3) is 5.56 Å². The van der Waals surface area contributed by atoms with Gasteiger partial charge in [-0.05, 0) is 31.2 Å². The number of pyridine rings is 1. The van der Waals surface area contributed by atoms with Crippen molar-refractivity contribution in [1.29, 1.82) is 0 Å². The summed E-state index contributed by atoms with van der Waals surface area (Å²) in [4.78, 5) is 32.2. The van der Waals surface area contributed by atoms with Gasteiger partial charge in [0.2, 0.25) is 0 Å². The molecule has 0 aliphatic carbocycles. The average molecular weight is 327 g/mol. The molecule has 0 bridgehead atoms. The number of aliphatic carboxylic acids is 1. The first-order valence-corrected chi connectivity index (χ1v) is 7.74. The molecule has 0 atom stereocenters. The lowest BCUT2D eigenvalue weighted by Gasteiger charge is -1.99. The van der Waals surface area contributed by atoms with Crippen molar-refractivity contribution in [2.75, 3.05) is 0 Å². The van der Waals surface area contributed by atoms with E-state index in [1.807, 2.05) is 25.1 Å². The fourth-order valence-corrected chi connectivity index (χ4v) is 3.08. The number of thiazole rings is 1. The highest BCUT2D eigenvalue weighted by molar-refractivity contribution is 7.15. The molecule has 0 saturated carbocycles. The molecule has 7 heteroatoms. The Kier molecular flexibility index (Phi) is 4.03. The summed E-state index contributed by atoms with van der Waals surface area (Å²) in [6.45, 7) is 1.91. The first-order chi connectivity index (χ1) is 11.0. The lowest BCUT2D eigenvalue weighted by molar-refractivity contribution is -0.136. The van der Waals surface area contributed by atoms with Gasteiger partial charge in [-0.1, -0.05) is 6.07 Å². The Balaban J connectivity index is 1.97. The molecule has 6 nitrogen and oxygen atoms in total. The normalized spacial score (nSPS) is 11.3. The fraction of sp³-hybridized carbons (Fsp3) is 0.125. The first kappa shape index (κ1) is 15.1. The second-order valence-electron chi connectivity index (χ2n) is 4.97. The molecule has 0 radical (unpaired) electrons. The van der Waals surface area contributed by atoms with Crippen molar-refractivity contribution >= 4 is 34.4 Å². The van der Waals surface area contributed by atoms with E-state index in [1.165, 1.54) is 21.8 Å². The number of carboxylic acids is 1. The van der Waals surface area contributed by atoms with E-state index in [-0.39, 0.29) is 12.0 Å². The summed E-state index contributed by atoms with van der Waals surface area (Å²) in [5.41, 5.74) is 2.36. The number of rotatable bonds is 4. The van der Waals surface area contributed by atoms with Gasteiger partial charge in [0.05, 0.1) is 17.8 Å². The average Bonchev–Trinajstić information content (AvgIpc) is 2.88. The van der Waals surface area contributed by atoms with E-state index in [1.54, 1.807) is 17.5 Å². The van der Waals surface area contributed by atoms with Crippen LogP contribution in [0.4, 0.5) is 0 Å². The topological polar surface area (TPSA) is 84.6 Å². The zero-order valence-corrected chi connectivity index (χ0v) is 13.1. The SMILES string of the molecule is Cc1cccc(/C=C/c2cc(=O)n3c(CC(=O)O)csc3n2)n1. The van der Waals surface area contributed by atoms with E-state index < -0.39 is 5.97 Å². The van der Waals surface area contributed by atoms with Crippen molar-refractivity contribution < 1.29 is 9.90 Å². The van der Waals surface area contributed by atoms with Crippen LogP contribution in [0.2, 0.25) is 0 Å². The highest BCUT2D eigenvalue weighted by atomic mass is 32.1. The Labute approximate surface area is 135 Å². The maximum Gasteiger partial charge on any atom is 0.309 e. The fourth-order valence-electron chi connectivity index (χ4n) is 2.18. The lowest BCUT2D eigenvalue weighted by Crippen LogP contribution is -2.17. The minimum atomic E-state index is -0.980. The number of hydrogen-bond acceptors (Lipinski definition) is 5. The Hall–Kier alpha value is -2.80. The standard InChI is InChI=1S/C16H13N3O3S/c1-10-3-2-4-11(17-10)5-6-12-7-14(20)19-13(8-15(21)22)9-23-16(19)18-12/h2-7,9H,8H2,1H3,(H,21,22)/b6-5+. The van der Waals surface area contributed by atoms with E-state index in [2.05, 4.69) is 9.97 Å². The zero-order valence-electron chi connectivity index (χ0n) is 12.3. The molecule has 116 valence electrons. The van der Waals surface area contributed by atoms with Crippen molar-refractivity contribution in [2.45, 2.75) is 13.3 Å². The zero-order chi connectivity index (χ0) is 16.4. The molecular weight excluding hydrogens is 314 g/mol. The van der Waals surface area contributed by atoms with Crippen LogP contribution in [0.1, 0.15) is 22.8 Å². The third-order valence-electron chi connectivity index (χ3n) is 3.16. The molecule has 3 heterocycles. The summed E-state index contributed by atoms with van der Waals surface area (Å²) < 4.78 is 1.33. The van der Waals surface area contributed by atoms with Gasteiger partial charge in [0.15, 0.2) is 4.96 Å². The van der Waals surface area contributed by atoms with Crippen molar-refractivity contribution in [3.63, 3.8) is 0 Å². The van der Waals surface area contributed by atoms with Crippen LogP contribution in [-0.2, 0) is 11.2 Å². The molecule has 0 aliphatic heterocycles. The second-order valence-corrected chi connectivity index (χ2v) is 5.81. The molecule has 0 fully saturated rings. The molecule has 1 N–H and O–H groups in total. The van der Waals surface area contributed by atoms with Crippen molar-refractivity contribution in [2.24, 2.45) is 0 Å². The minimum Gasteiger partial charge on any atom is -0.481 e. The molecule has 0 unspecified atom stereocenters. The smallest absolute Gasteiger partial charge is 0.309 e. The maximum atomic E-state index is 12.2. The number of fused-ring (bicyclic) bond motifs is 1. The summed E-state index contributed by atoms with van der Waals surface area (Å²) >= 11 is 1.25. The van der Waals surface area contributed by atoms with Crippen LogP contribution < -0.4 is 5.56 Å². The molecular formula is C16H13N3O3S. The predicted molar refractivity (Wildman–Crippen MR) is 88.6 cm³/mol. The van der Waals surface area contributed by atoms with E-state index in [0.29, 0.717) is 16.3 Å². The number of carboxylic acid groups (broad SMARTS) is 1. The number of carbonyl (C=O) groups is 1. The Bertz CT molecular complexity index is 972. The Morgan fingerprint density at radius 2 is 2.09 bits per heavy atom. The van der Waals surface area contributed by atoms with Crippen molar-refractivity contribution in [3.8, 4) is 0 Å². The molecule has 0 aliphatic rings. The maximum absolute atomic E-state index is 12.2. The molecule has 23 heavy (non-hydrogen) atoms. The summed E-state index contributed by atoms with van der Waals surface area (Å²) in [5, 5.41) is 10.5. The summed E-state index contributed by atoms with van der Waals surface area (Å²) in [6.07, 6.45) is 3.31. The molecule has 3 aromatic rings. The first-order valence-electron chi connectivity index (χ1n) is 6.86. The number of hydrogen-bond donors (Lipinski definition) is 1. The van der Waals surface area contributed by atoms with Gasteiger partial charge in [-0.15, -0.1) is 11.3 Å². The van der Waals surface area contributed by atoms with Crippen LogP contribution in [0.3, 0.4) is 0 Å². The van der Waals surface area contributed by atoms with E-state index >= 15 is 0 Å². The number of aromatic nitrogens is 3. The third kappa shape index (κ3) is 3.35. The number of aryl methyl sites for hydroxylation is 1. The van der Waals surface area contributed by atoms with E-state index in [4.69, 9.17) is 5.11 Å². The van der Waals surface area contributed by atoms with Gasteiger partial charge in [-0.3, -0.25) is 19.0 Å². The molecule has 3 aromatic heterocycles. The van der Waals surface area contributed by atoms with Crippen LogP contribution in [-0.4, -0.2) is 25.4 Å². The van der Waals surface area contributed by atoms with Crippen molar-refractivity contribution in [1.82, 2.24) is 14.4 Å². The molecule has 3 rings (SSSR count). The van der Waals surface area contributed by atoms with Gasteiger partial charge < -0.3 is 5.11 Å². The van der Waals surface area contributed by atoms with Gasteiger partial charge >= 0.3 is 5.97 Å². The summed E-state index contributed by atoms with van der Waals surface area (Å²) in [7, 11) is 0. The monoisotopic (exact) mass is 327 g/mol. The molecule has 0 saturated heterocycles.